The molecule has 0 amide bonds. The van der Waals surface area contributed by atoms with Crippen molar-refractivity contribution in [3.63, 3.8) is 0 Å². The lowest BCUT2D eigenvalue weighted by Crippen LogP contribution is -2.29. The van der Waals surface area contributed by atoms with Crippen LogP contribution in [0.3, 0.4) is 0 Å². The number of sulfonamides is 1. The highest BCUT2D eigenvalue weighted by molar-refractivity contribution is 7.89. The molecule has 2 unspecified atom stereocenters. The van der Waals surface area contributed by atoms with Gasteiger partial charge in [-0.05, 0) is 42.4 Å². The molecule has 1 aliphatic heterocycles. The van der Waals surface area contributed by atoms with Gasteiger partial charge < -0.3 is 0 Å². The van der Waals surface area contributed by atoms with Crippen molar-refractivity contribution in [3.05, 3.63) is 29.8 Å². The highest BCUT2D eigenvalue weighted by Crippen LogP contribution is 2.39. The van der Waals surface area contributed by atoms with Crippen LogP contribution < -0.4 is 0 Å². The molecule has 1 aliphatic carbocycles. The Bertz CT molecular complexity index is 561. The Labute approximate surface area is 119 Å². The van der Waals surface area contributed by atoms with E-state index in [2.05, 4.69) is 0 Å². The monoisotopic (exact) mass is 299 g/mol. The molecule has 1 saturated carbocycles. The van der Waals surface area contributed by atoms with Crippen LogP contribution in [0.2, 0.25) is 0 Å². The van der Waals surface area contributed by atoms with E-state index in [4.69, 9.17) is 11.6 Å². The van der Waals surface area contributed by atoms with Gasteiger partial charge in [-0.25, -0.2) is 8.42 Å². The molecule has 2 aliphatic rings. The second-order valence-corrected chi connectivity index (χ2v) is 7.76. The van der Waals surface area contributed by atoms with Gasteiger partial charge in [-0.15, -0.1) is 11.6 Å². The summed E-state index contributed by atoms with van der Waals surface area (Å²) in [6, 6.07) is 6.97. The Morgan fingerprint density at radius 1 is 1.21 bits per heavy atom. The molecule has 19 heavy (non-hydrogen) atoms. The number of hydrogen-bond acceptors (Lipinski definition) is 2. The standard InChI is InChI=1S/C14H18ClNO2S/c15-8-11-3-1-6-14(7-11)19(17,18)16-9-12-4-2-5-13(12)10-16/h1,3,6-7,12-13H,2,4-5,8-10H2. The summed E-state index contributed by atoms with van der Waals surface area (Å²) in [7, 11) is -3.34. The highest BCUT2D eigenvalue weighted by atomic mass is 35.5. The zero-order chi connectivity index (χ0) is 13.5. The van der Waals surface area contributed by atoms with Gasteiger partial charge in [0.25, 0.3) is 0 Å². The Kier molecular flexibility index (Phi) is 3.58. The van der Waals surface area contributed by atoms with Crippen LogP contribution in [0.1, 0.15) is 24.8 Å². The molecule has 0 radical (unpaired) electrons. The van der Waals surface area contributed by atoms with E-state index in [9.17, 15) is 8.42 Å². The first kappa shape index (κ1) is 13.4. The Morgan fingerprint density at radius 3 is 2.53 bits per heavy atom. The summed E-state index contributed by atoms with van der Waals surface area (Å²) in [5.74, 6) is 1.49. The summed E-state index contributed by atoms with van der Waals surface area (Å²) >= 11 is 5.78. The summed E-state index contributed by atoms with van der Waals surface area (Å²) in [6.45, 7) is 1.39. The van der Waals surface area contributed by atoms with Gasteiger partial charge in [0.15, 0.2) is 0 Å². The Balaban J connectivity index is 1.86. The van der Waals surface area contributed by atoms with E-state index >= 15 is 0 Å². The van der Waals surface area contributed by atoms with Crippen molar-refractivity contribution >= 4 is 21.6 Å². The van der Waals surface area contributed by atoms with Gasteiger partial charge in [0.1, 0.15) is 0 Å². The van der Waals surface area contributed by atoms with Crippen LogP contribution in [-0.4, -0.2) is 25.8 Å². The van der Waals surface area contributed by atoms with E-state index in [0.717, 1.165) is 5.56 Å². The molecular formula is C14H18ClNO2S. The molecule has 0 spiro atoms. The van der Waals surface area contributed by atoms with Gasteiger partial charge in [0, 0.05) is 19.0 Å². The van der Waals surface area contributed by atoms with Crippen molar-refractivity contribution in [2.75, 3.05) is 13.1 Å². The van der Waals surface area contributed by atoms with Crippen molar-refractivity contribution in [2.24, 2.45) is 11.8 Å². The van der Waals surface area contributed by atoms with Crippen molar-refractivity contribution in [3.8, 4) is 0 Å². The van der Waals surface area contributed by atoms with E-state index in [1.165, 1.54) is 19.3 Å². The van der Waals surface area contributed by atoms with E-state index < -0.39 is 10.0 Å². The molecule has 1 heterocycles. The number of rotatable bonds is 3. The summed E-state index contributed by atoms with van der Waals surface area (Å²) in [5, 5.41) is 0. The molecule has 2 fully saturated rings. The molecule has 0 aromatic heterocycles. The number of halogens is 1. The molecule has 3 nitrogen and oxygen atoms in total. The van der Waals surface area contributed by atoms with E-state index in [1.54, 1.807) is 22.5 Å². The maximum atomic E-state index is 12.6. The lowest BCUT2D eigenvalue weighted by Gasteiger charge is -2.17. The number of nitrogens with zero attached hydrogens (tertiary/aromatic N) is 1. The third kappa shape index (κ3) is 2.41. The fourth-order valence-corrected chi connectivity index (χ4v) is 5.12. The first-order valence-corrected chi connectivity index (χ1v) is 8.74. The second kappa shape index (κ2) is 5.08. The van der Waals surface area contributed by atoms with Gasteiger partial charge in [-0.3, -0.25) is 0 Å². The third-order valence-electron chi connectivity index (χ3n) is 4.38. The molecule has 0 bridgehead atoms. The quantitative estimate of drug-likeness (QED) is 0.805. The minimum atomic E-state index is -3.34. The van der Waals surface area contributed by atoms with Crippen LogP contribution in [-0.2, 0) is 15.9 Å². The predicted molar refractivity (Wildman–Crippen MR) is 75.6 cm³/mol. The van der Waals surface area contributed by atoms with Crippen LogP contribution in [0.4, 0.5) is 0 Å². The topological polar surface area (TPSA) is 37.4 Å². The largest absolute Gasteiger partial charge is 0.243 e. The van der Waals surface area contributed by atoms with Gasteiger partial charge in [0.2, 0.25) is 10.0 Å². The lowest BCUT2D eigenvalue weighted by molar-refractivity contribution is 0.445. The average Bonchev–Trinajstić information content (AvgIpc) is 2.99. The van der Waals surface area contributed by atoms with Crippen molar-refractivity contribution in [2.45, 2.75) is 30.0 Å². The first-order valence-electron chi connectivity index (χ1n) is 6.76. The average molecular weight is 300 g/mol. The van der Waals surface area contributed by atoms with Crippen LogP contribution in [0.25, 0.3) is 0 Å². The smallest absolute Gasteiger partial charge is 0.207 e. The summed E-state index contributed by atoms with van der Waals surface area (Å²) in [4.78, 5) is 0.380. The van der Waals surface area contributed by atoms with Crippen molar-refractivity contribution < 1.29 is 8.42 Å². The molecule has 1 aromatic carbocycles. The molecule has 5 heteroatoms. The zero-order valence-electron chi connectivity index (χ0n) is 10.8. The van der Waals surface area contributed by atoms with Crippen LogP contribution in [0.5, 0.6) is 0 Å². The van der Waals surface area contributed by atoms with E-state index in [0.29, 0.717) is 35.7 Å². The molecular weight excluding hydrogens is 282 g/mol. The fraction of sp³-hybridized carbons (Fsp3) is 0.571. The third-order valence-corrected chi connectivity index (χ3v) is 6.52. The second-order valence-electron chi connectivity index (χ2n) is 5.55. The Hall–Kier alpha value is -0.580. The molecule has 0 N–H and O–H groups in total. The zero-order valence-corrected chi connectivity index (χ0v) is 12.3. The number of fused-ring (bicyclic) bond motifs is 1. The van der Waals surface area contributed by atoms with Crippen LogP contribution in [0.15, 0.2) is 29.2 Å². The highest BCUT2D eigenvalue weighted by Gasteiger charge is 2.41. The van der Waals surface area contributed by atoms with Crippen LogP contribution in [0, 0.1) is 11.8 Å². The van der Waals surface area contributed by atoms with Crippen LogP contribution >= 0.6 is 11.6 Å². The summed E-state index contributed by atoms with van der Waals surface area (Å²) < 4.78 is 26.9. The van der Waals surface area contributed by atoms with E-state index in [1.807, 2.05) is 6.07 Å². The van der Waals surface area contributed by atoms with E-state index in [-0.39, 0.29) is 0 Å². The van der Waals surface area contributed by atoms with Gasteiger partial charge in [-0.1, -0.05) is 18.6 Å². The molecule has 1 aromatic rings. The molecule has 104 valence electrons. The predicted octanol–water partition coefficient (Wildman–Crippen LogP) is 2.85. The minimum Gasteiger partial charge on any atom is -0.207 e. The number of alkyl halides is 1. The number of hydrogen-bond donors (Lipinski definition) is 0. The number of benzene rings is 1. The van der Waals surface area contributed by atoms with Gasteiger partial charge in [-0.2, -0.15) is 4.31 Å². The summed E-state index contributed by atoms with van der Waals surface area (Å²) in [5.41, 5.74) is 0.849. The van der Waals surface area contributed by atoms with Crippen molar-refractivity contribution in [1.29, 1.82) is 0 Å². The maximum Gasteiger partial charge on any atom is 0.243 e. The summed E-state index contributed by atoms with van der Waals surface area (Å²) in [6.07, 6.45) is 3.61. The Morgan fingerprint density at radius 2 is 1.89 bits per heavy atom. The molecule has 2 atom stereocenters. The fourth-order valence-electron chi connectivity index (χ4n) is 3.33. The van der Waals surface area contributed by atoms with Crippen molar-refractivity contribution in [1.82, 2.24) is 4.31 Å². The lowest BCUT2D eigenvalue weighted by atomic mass is 10.0. The minimum absolute atomic E-state index is 0.342. The SMILES string of the molecule is O=S(=O)(c1cccc(CCl)c1)N1CC2CCCC2C1. The normalized spacial score (nSPS) is 27.6. The molecule has 1 saturated heterocycles. The maximum absolute atomic E-state index is 12.6. The van der Waals surface area contributed by atoms with Gasteiger partial charge in [0.05, 0.1) is 4.90 Å². The molecule has 3 rings (SSSR count). The van der Waals surface area contributed by atoms with Gasteiger partial charge >= 0.3 is 0 Å². The first-order chi connectivity index (χ1) is 9.11.